The van der Waals surface area contributed by atoms with E-state index in [1.165, 1.54) is 0 Å². The van der Waals surface area contributed by atoms with Crippen LogP contribution < -0.4 is 0 Å². The van der Waals surface area contributed by atoms with Crippen LogP contribution in [0.1, 0.15) is 0 Å². The molecule has 4 N–H and O–H groups in total. The lowest BCUT2D eigenvalue weighted by molar-refractivity contribution is -0.141. The first-order valence-electron chi connectivity index (χ1n) is 3.27. The topological polar surface area (TPSA) is 107 Å². The number of aliphatic carboxylic acids is 1. The van der Waals surface area contributed by atoms with Gasteiger partial charge in [0.05, 0.1) is 13.2 Å². The van der Waals surface area contributed by atoms with Crippen molar-refractivity contribution in [3.05, 3.63) is 0 Å². The van der Waals surface area contributed by atoms with E-state index in [0.29, 0.717) is 0 Å². The van der Waals surface area contributed by atoms with E-state index in [0.717, 1.165) is 0 Å². The van der Waals surface area contributed by atoms with Gasteiger partial charge in [0.25, 0.3) is 0 Å². The monoisotopic (exact) mass is 212 g/mol. The molecule has 0 aromatic rings. The van der Waals surface area contributed by atoms with Gasteiger partial charge in [-0.05, 0) is 12.2 Å². The quantitative estimate of drug-likeness (QED) is 0.430. The van der Waals surface area contributed by atoms with E-state index in [2.05, 4.69) is 17.0 Å². The van der Waals surface area contributed by atoms with Crippen molar-refractivity contribution in [2.24, 2.45) is 0 Å². The zero-order chi connectivity index (χ0) is 10.7. The van der Waals surface area contributed by atoms with Crippen molar-refractivity contribution in [2.45, 2.75) is 0 Å². The first-order chi connectivity index (χ1) is 6.04. The largest absolute Gasteiger partial charge is 0.500 e. The van der Waals surface area contributed by atoms with Gasteiger partial charge in [0, 0.05) is 0 Å². The molecule has 7 heteroatoms. The third kappa shape index (κ3) is 24.6. The number of carboxylic acids is 1. The van der Waals surface area contributed by atoms with Crippen molar-refractivity contribution >= 4 is 23.2 Å². The molecule has 0 radical (unpaired) electrons. The van der Waals surface area contributed by atoms with E-state index in [1.807, 2.05) is 0 Å². The molecule has 0 aliphatic rings. The normalized spacial score (nSPS) is 8.46. The fourth-order valence-corrected chi connectivity index (χ4v) is 0.309. The molecule has 0 unspecified atom stereocenters. The first kappa shape index (κ1) is 14.7. The van der Waals surface area contributed by atoms with Crippen LogP contribution in [0.3, 0.4) is 0 Å². The molecule has 6 nitrogen and oxygen atoms in total. The lowest BCUT2D eigenvalue weighted by atomic mass is 10.7. The SMILES string of the molecule is O=C(O)COCC(O)=S.OCCO. The van der Waals surface area contributed by atoms with Crippen LogP contribution in [0, 0.1) is 0 Å². The second kappa shape index (κ2) is 11.2. The van der Waals surface area contributed by atoms with Crippen LogP contribution in [0.5, 0.6) is 0 Å². The maximum absolute atomic E-state index is 9.73. The summed E-state index contributed by atoms with van der Waals surface area (Å²) in [7, 11) is 0. The Kier molecular flexibility index (Phi) is 12.8. The summed E-state index contributed by atoms with van der Waals surface area (Å²) in [6.07, 6.45) is 0. The fraction of sp³-hybridized carbons (Fsp3) is 0.667. The molecule has 0 amide bonds. The molecule has 0 heterocycles. The summed E-state index contributed by atoms with van der Waals surface area (Å²) in [5, 5.41) is 31.2. The molecule has 0 aliphatic carbocycles. The fourth-order valence-electron chi connectivity index (χ4n) is 0.226. The first-order valence-corrected chi connectivity index (χ1v) is 3.68. The number of aliphatic hydroxyl groups excluding tert-OH is 3. The number of ether oxygens (including phenoxy) is 1. The Morgan fingerprint density at radius 3 is 1.85 bits per heavy atom. The van der Waals surface area contributed by atoms with Gasteiger partial charge in [-0.15, -0.1) is 0 Å². The number of aliphatic hydroxyl groups is 3. The van der Waals surface area contributed by atoms with Crippen LogP contribution >= 0.6 is 12.2 Å². The summed E-state index contributed by atoms with van der Waals surface area (Å²) in [6.45, 7) is -0.873. The van der Waals surface area contributed by atoms with Crippen LogP contribution in [0.15, 0.2) is 0 Å². The standard InChI is InChI=1S/C4H6O4S.C2H6O2/c5-3(6)1-8-2-4(7)9;3-1-2-4/h1-2H2,(H,5,6)(H,7,9);3-4H,1-2H2. The lowest BCUT2D eigenvalue weighted by Gasteiger charge is -1.94. The Morgan fingerprint density at radius 1 is 1.15 bits per heavy atom. The van der Waals surface area contributed by atoms with E-state index in [4.69, 9.17) is 20.4 Å². The molecule has 78 valence electrons. The minimum absolute atomic E-state index is 0.125. The Balaban J connectivity index is 0. The van der Waals surface area contributed by atoms with Crippen molar-refractivity contribution in [1.29, 1.82) is 0 Å². The van der Waals surface area contributed by atoms with Crippen LogP contribution in [0.2, 0.25) is 0 Å². The van der Waals surface area contributed by atoms with Crippen LogP contribution in [0.4, 0.5) is 0 Å². The van der Waals surface area contributed by atoms with Gasteiger partial charge in [-0.1, -0.05) is 0 Å². The van der Waals surface area contributed by atoms with Crippen molar-refractivity contribution in [1.82, 2.24) is 0 Å². The molecule has 0 saturated heterocycles. The van der Waals surface area contributed by atoms with E-state index in [9.17, 15) is 4.79 Å². The minimum atomic E-state index is -1.08. The third-order valence-corrected chi connectivity index (χ3v) is 0.669. The Bertz CT molecular complexity index is 132. The summed E-state index contributed by atoms with van der Waals surface area (Å²) < 4.78 is 4.37. The average molecular weight is 212 g/mol. The van der Waals surface area contributed by atoms with Gasteiger partial charge in [-0.25, -0.2) is 4.79 Å². The summed E-state index contributed by atoms with van der Waals surface area (Å²) in [5.41, 5.74) is 0. The van der Waals surface area contributed by atoms with Gasteiger partial charge in [0.1, 0.15) is 13.2 Å². The predicted molar refractivity (Wildman–Crippen MR) is 47.9 cm³/mol. The maximum atomic E-state index is 9.73. The number of rotatable bonds is 5. The van der Waals surface area contributed by atoms with Crippen molar-refractivity contribution in [3.8, 4) is 0 Å². The average Bonchev–Trinajstić information content (AvgIpc) is 2.03. The molecule has 0 rings (SSSR count). The highest BCUT2D eigenvalue weighted by Gasteiger charge is 1.96. The molecule has 0 atom stereocenters. The van der Waals surface area contributed by atoms with E-state index in [-0.39, 0.29) is 24.9 Å². The number of hydrogen-bond acceptors (Lipinski definition) is 5. The highest BCUT2D eigenvalue weighted by molar-refractivity contribution is 7.80. The van der Waals surface area contributed by atoms with Gasteiger partial charge < -0.3 is 25.2 Å². The molecule has 0 saturated carbocycles. The van der Waals surface area contributed by atoms with Crippen molar-refractivity contribution in [3.63, 3.8) is 0 Å². The van der Waals surface area contributed by atoms with Gasteiger partial charge in [-0.2, -0.15) is 0 Å². The summed E-state index contributed by atoms with van der Waals surface area (Å²) >= 11 is 4.19. The van der Waals surface area contributed by atoms with Crippen molar-refractivity contribution in [2.75, 3.05) is 26.4 Å². The Morgan fingerprint density at radius 2 is 1.62 bits per heavy atom. The maximum Gasteiger partial charge on any atom is 0.329 e. The number of carboxylic acid groups (broad SMARTS) is 1. The van der Waals surface area contributed by atoms with Gasteiger partial charge in [0.2, 0.25) is 0 Å². The molecule has 0 aliphatic heterocycles. The Labute approximate surface area is 80.4 Å². The van der Waals surface area contributed by atoms with Gasteiger partial charge in [0.15, 0.2) is 5.05 Å². The van der Waals surface area contributed by atoms with E-state index in [1.54, 1.807) is 0 Å². The van der Waals surface area contributed by atoms with E-state index < -0.39 is 12.6 Å². The summed E-state index contributed by atoms with van der Waals surface area (Å²) in [5.74, 6) is -1.08. The minimum Gasteiger partial charge on any atom is -0.500 e. The van der Waals surface area contributed by atoms with Crippen molar-refractivity contribution < 1.29 is 30.0 Å². The number of carbonyl (C=O) groups is 1. The second-order valence-electron chi connectivity index (χ2n) is 1.73. The lowest BCUT2D eigenvalue weighted by Crippen LogP contribution is -2.11. The number of hydrogen-bond donors (Lipinski definition) is 4. The van der Waals surface area contributed by atoms with Crippen LogP contribution in [-0.4, -0.2) is 57.9 Å². The number of thiocarbonyl (C=S) groups is 1. The van der Waals surface area contributed by atoms with Crippen LogP contribution in [-0.2, 0) is 9.53 Å². The molecule has 0 bridgehead atoms. The zero-order valence-electron chi connectivity index (χ0n) is 6.84. The summed E-state index contributed by atoms with van der Waals surface area (Å²) in [6, 6.07) is 0. The highest BCUT2D eigenvalue weighted by atomic mass is 32.1. The van der Waals surface area contributed by atoms with Gasteiger partial charge in [-0.3, -0.25) is 0 Å². The molecular formula is C6H12O6S. The molecule has 0 spiro atoms. The smallest absolute Gasteiger partial charge is 0.329 e. The highest BCUT2D eigenvalue weighted by Crippen LogP contribution is 1.76. The predicted octanol–water partition coefficient (Wildman–Crippen LogP) is -1.06. The summed E-state index contributed by atoms with van der Waals surface area (Å²) in [4.78, 5) is 9.73. The Hall–Kier alpha value is -0.760. The molecule has 0 aromatic heterocycles. The molecule has 0 fully saturated rings. The zero-order valence-corrected chi connectivity index (χ0v) is 7.66. The second-order valence-corrected chi connectivity index (χ2v) is 2.20. The molecule has 13 heavy (non-hydrogen) atoms. The van der Waals surface area contributed by atoms with Crippen LogP contribution in [0.25, 0.3) is 0 Å². The third-order valence-electron chi connectivity index (χ3n) is 0.551. The van der Waals surface area contributed by atoms with Gasteiger partial charge >= 0.3 is 5.97 Å². The molecule has 0 aromatic carbocycles. The molecular weight excluding hydrogens is 200 g/mol. The van der Waals surface area contributed by atoms with E-state index >= 15 is 0 Å².